The second kappa shape index (κ2) is 4.56. The number of hydrogen-bond acceptors (Lipinski definition) is 5. The average molecular weight is 217 g/mol. The third kappa shape index (κ3) is 2.54. The van der Waals surface area contributed by atoms with Gasteiger partial charge in [0.1, 0.15) is 5.69 Å². The predicted molar refractivity (Wildman–Crippen MR) is 58.6 cm³/mol. The summed E-state index contributed by atoms with van der Waals surface area (Å²) in [5, 5.41) is 0.266. The zero-order chi connectivity index (χ0) is 10.5. The molecule has 0 fully saturated rings. The van der Waals surface area contributed by atoms with Crippen LogP contribution in [0.3, 0.4) is 0 Å². The summed E-state index contributed by atoms with van der Waals surface area (Å²) >= 11 is 5.04. The molecule has 0 radical (unpaired) electrons. The molecule has 2 aromatic rings. The van der Waals surface area contributed by atoms with Crippen LogP contribution in [0.2, 0.25) is 0 Å². The lowest BCUT2D eigenvalue weighted by Crippen LogP contribution is -2.09. The maximum absolute atomic E-state index is 5.32. The predicted octanol–water partition coefficient (Wildman–Crippen LogP) is 1.63. The van der Waals surface area contributed by atoms with Crippen LogP contribution in [0.25, 0.3) is 0 Å². The zero-order valence-electron chi connectivity index (χ0n) is 7.70. The maximum Gasteiger partial charge on any atom is 0.220 e. The highest BCUT2D eigenvalue weighted by molar-refractivity contribution is 7.80. The molecule has 0 atom stereocenters. The first-order valence-electron chi connectivity index (χ1n) is 4.25. The van der Waals surface area contributed by atoms with Crippen molar-refractivity contribution in [1.29, 1.82) is 0 Å². The third-order valence-corrected chi connectivity index (χ3v) is 1.90. The number of hydrogen-bond donors (Lipinski definition) is 0. The first-order chi connectivity index (χ1) is 7.36. The molecule has 5 heteroatoms. The Morgan fingerprint density at radius 1 is 1.13 bits per heavy atom. The van der Waals surface area contributed by atoms with Gasteiger partial charge in [0.05, 0.1) is 6.20 Å². The van der Waals surface area contributed by atoms with Crippen LogP contribution in [0.15, 0.2) is 43.0 Å². The van der Waals surface area contributed by atoms with Gasteiger partial charge in [-0.1, -0.05) is 6.07 Å². The molecule has 0 amide bonds. The SMILES string of the molecule is S=C(Oc1ccccn1)c1cnccn1. The van der Waals surface area contributed by atoms with Crippen LogP contribution in [0.1, 0.15) is 5.69 Å². The highest BCUT2D eigenvalue weighted by Gasteiger charge is 2.05. The first kappa shape index (κ1) is 9.67. The fourth-order valence-corrected chi connectivity index (χ4v) is 1.15. The van der Waals surface area contributed by atoms with Gasteiger partial charge in [0.2, 0.25) is 10.9 Å². The van der Waals surface area contributed by atoms with Gasteiger partial charge < -0.3 is 4.74 Å². The normalized spacial score (nSPS) is 9.60. The second-order valence-electron chi connectivity index (χ2n) is 2.65. The molecule has 0 aliphatic rings. The van der Waals surface area contributed by atoms with Gasteiger partial charge in [-0.15, -0.1) is 0 Å². The number of pyridine rings is 1. The topological polar surface area (TPSA) is 47.9 Å². The molecule has 0 saturated carbocycles. The molecule has 4 nitrogen and oxygen atoms in total. The summed E-state index contributed by atoms with van der Waals surface area (Å²) in [5.74, 6) is 0.452. The Hall–Kier alpha value is -1.88. The van der Waals surface area contributed by atoms with Gasteiger partial charge in [-0.25, -0.2) is 9.97 Å². The lowest BCUT2D eigenvalue weighted by molar-refractivity contribution is 0.540. The molecule has 0 aliphatic heterocycles. The van der Waals surface area contributed by atoms with Crippen molar-refractivity contribution in [2.75, 3.05) is 0 Å². The number of thiocarbonyl (C=S) groups is 1. The van der Waals surface area contributed by atoms with E-state index in [1.54, 1.807) is 36.9 Å². The minimum atomic E-state index is 0.266. The molecule has 0 saturated heterocycles. The van der Waals surface area contributed by atoms with E-state index in [1.807, 2.05) is 6.07 Å². The van der Waals surface area contributed by atoms with E-state index < -0.39 is 0 Å². The van der Waals surface area contributed by atoms with E-state index in [9.17, 15) is 0 Å². The van der Waals surface area contributed by atoms with Crippen LogP contribution in [-0.2, 0) is 0 Å². The van der Waals surface area contributed by atoms with Crippen LogP contribution in [-0.4, -0.2) is 20.0 Å². The van der Waals surface area contributed by atoms with Crippen molar-refractivity contribution in [2.45, 2.75) is 0 Å². The summed E-state index contributed by atoms with van der Waals surface area (Å²) in [4.78, 5) is 11.9. The van der Waals surface area contributed by atoms with E-state index in [4.69, 9.17) is 17.0 Å². The maximum atomic E-state index is 5.32. The Bertz CT molecular complexity index is 447. The molecule has 0 spiro atoms. The van der Waals surface area contributed by atoms with E-state index in [2.05, 4.69) is 15.0 Å². The molecule has 0 unspecified atom stereocenters. The molecule has 0 aliphatic carbocycles. The second-order valence-corrected chi connectivity index (χ2v) is 3.02. The number of nitrogens with zero attached hydrogens (tertiary/aromatic N) is 3. The minimum Gasteiger partial charge on any atom is -0.425 e. The number of ether oxygens (including phenoxy) is 1. The zero-order valence-corrected chi connectivity index (χ0v) is 8.52. The van der Waals surface area contributed by atoms with Crippen molar-refractivity contribution in [1.82, 2.24) is 15.0 Å². The van der Waals surface area contributed by atoms with E-state index in [-0.39, 0.29) is 5.05 Å². The highest BCUT2D eigenvalue weighted by atomic mass is 32.1. The van der Waals surface area contributed by atoms with Crippen LogP contribution in [0.5, 0.6) is 5.88 Å². The van der Waals surface area contributed by atoms with Gasteiger partial charge in [0.25, 0.3) is 0 Å². The largest absolute Gasteiger partial charge is 0.425 e. The summed E-state index contributed by atoms with van der Waals surface area (Å²) in [6.07, 6.45) is 6.32. The molecule has 2 heterocycles. The van der Waals surface area contributed by atoms with Crippen LogP contribution >= 0.6 is 12.2 Å². The fraction of sp³-hybridized carbons (Fsp3) is 0. The molecule has 0 N–H and O–H groups in total. The van der Waals surface area contributed by atoms with Gasteiger partial charge in [-0.2, -0.15) is 0 Å². The molecule has 0 aromatic carbocycles. The van der Waals surface area contributed by atoms with Gasteiger partial charge in [-0.05, 0) is 18.3 Å². The Morgan fingerprint density at radius 2 is 2.07 bits per heavy atom. The van der Waals surface area contributed by atoms with Gasteiger partial charge in [0.15, 0.2) is 0 Å². The van der Waals surface area contributed by atoms with Crippen molar-refractivity contribution in [3.63, 3.8) is 0 Å². The van der Waals surface area contributed by atoms with E-state index >= 15 is 0 Å². The average Bonchev–Trinajstić information content (AvgIpc) is 2.31. The van der Waals surface area contributed by atoms with E-state index in [1.165, 1.54) is 0 Å². The van der Waals surface area contributed by atoms with Crippen LogP contribution in [0, 0.1) is 0 Å². The molecule has 2 aromatic heterocycles. The summed E-state index contributed by atoms with van der Waals surface area (Å²) in [5.41, 5.74) is 0.526. The van der Waals surface area contributed by atoms with Crippen molar-refractivity contribution >= 4 is 17.3 Å². The molecule has 74 valence electrons. The molecule has 15 heavy (non-hydrogen) atoms. The summed E-state index contributed by atoms with van der Waals surface area (Å²) in [6.45, 7) is 0. The van der Waals surface area contributed by atoms with Crippen molar-refractivity contribution < 1.29 is 4.74 Å². The van der Waals surface area contributed by atoms with Crippen molar-refractivity contribution in [2.24, 2.45) is 0 Å². The van der Waals surface area contributed by atoms with Gasteiger partial charge in [-0.3, -0.25) is 4.98 Å². The number of aromatic nitrogens is 3. The number of rotatable bonds is 2. The lowest BCUT2D eigenvalue weighted by Gasteiger charge is -2.03. The summed E-state index contributed by atoms with van der Waals surface area (Å²) in [7, 11) is 0. The van der Waals surface area contributed by atoms with Crippen LogP contribution < -0.4 is 4.74 Å². The molecule has 2 rings (SSSR count). The Kier molecular flexibility index (Phi) is 2.94. The monoisotopic (exact) mass is 217 g/mol. The van der Waals surface area contributed by atoms with Crippen molar-refractivity contribution in [3.05, 3.63) is 48.7 Å². The standard InChI is InChI=1S/C10H7N3OS/c15-10(8-7-11-5-6-12-8)14-9-3-1-2-4-13-9/h1-7H. The minimum absolute atomic E-state index is 0.266. The Labute approximate surface area is 92.0 Å². The van der Waals surface area contributed by atoms with E-state index in [0.29, 0.717) is 11.6 Å². The molecule has 0 bridgehead atoms. The Morgan fingerprint density at radius 3 is 2.73 bits per heavy atom. The first-order valence-corrected chi connectivity index (χ1v) is 4.66. The Balaban J connectivity index is 2.12. The third-order valence-electron chi connectivity index (χ3n) is 1.61. The smallest absolute Gasteiger partial charge is 0.220 e. The van der Waals surface area contributed by atoms with Gasteiger partial charge in [0, 0.05) is 24.7 Å². The van der Waals surface area contributed by atoms with Crippen molar-refractivity contribution in [3.8, 4) is 5.88 Å². The lowest BCUT2D eigenvalue weighted by atomic mass is 10.4. The fourth-order valence-electron chi connectivity index (χ4n) is 0.959. The molecular weight excluding hydrogens is 210 g/mol. The molecular formula is C10H7N3OS. The summed E-state index contributed by atoms with van der Waals surface area (Å²) in [6, 6.07) is 5.35. The highest BCUT2D eigenvalue weighted by Crippen LogP contribution is 2.06. The van der Waals surface area contributed by atoms with Crippen LogP contribution in [0.4, 0.5) is 0 Å². The van der Waals surface area contributed by atoms with E-state index in [0.717, 1.165) is 0 Å². The quantitative estimate of drug-likeness (QED) is 0.715. The van der Waals surface area contributed by atoms with Gasteiger partial charge >= 0.3 is 0 Å². The summed E-state index contributed by atoms with van der Waals surface area (Å²) < 4.78 is 5.32.